The van der Waals surface area contributed by atoms with Gasteiger partial charge in [0.1, 0.15) is 4.99 Å². The van der Waals surface area contributed by atoms with E-state index in [2.05, 4.69) is 36.7 Å². The summed E-state index contributed by atoms with van der Waals surface area (Å²) in [5.74, 6) is 0. The van der Waals surface area contributed by atoms with Crippen LogP contribution in [-0.4, -0.2) is 22.5 Å². The summed E-state index contributed by atoms with van der Waals surface area (Å²) in [4.78, 5) is 0.466. The zero-order valence-electron chi connectivity index (χ0n) is 11.0. The molecular formula is C14H20N2S2. The summed E-state index contributed by atoms with van der Waals surface area (Å²) in [5.41, 5.74) is 9.00. The molecule has 2 rings (SSSR count). The van der Waals surface area contributed by atoms with Gasteiger partial charge in [0.15, 0.2) is 0 Å². The fraction of sp³-hybridized carbons (Fsp3) is 0.500. The molecule has 0 unspecified atom stereocenters. The molecule has 98 valence electrons. The van der Waals surface area contributed by atoms with Crippen molar-refractivity contribution >= 4 is 34.7 Å². The van der Waals surface area contributed by atoms with Crippen LogP contribution >= 0.6 is 24.0 Å². The van der Waals surface area contributed by atoms with Crippen LogP contribution < -0.4 is 11.1 Å². The largest absolute Gasteiger partial charge is 0.389 e. The van der Waals surface area contributed by atoms with Crippen LogP contribution in [0.4, 0.5) is 5.69 Å². The Morgan fingerprint density at radius 3 is 2.72 bits per heavy atom. The van der Waals surface area contributed by atoms with Gasteiger partial charge in [-0.15, -0.1) is 0 Å². The fourth-order valence-corrected chi connectivity index (χ4v) is 3.38. The highest BCUT2D eigenvalue weighted by atomic mass is 32.2. The molecule has 0 bridgehead atoms. The van der Waals surface area contributed by atoms with Crippen LogP contribution in [0.25, 0.3) is 0 Å². The quantitative estimate of drug-likeness (QED) is 0.811. The molecule has 18 heavy (non-hydrogen) atoms. The molecule has 1 aliphatic rings. The predicted octanol–water partition coefficient (Wildman–Crippen LogP) is 3.33. The number of rotatable bonds is 5. The Balaban J connectivity index is 2.11. The molecule has 3 N–H and O–H groups in total. The molecule has 1 aromatic carbocycles. The second-order valence-electron chi connectivity index (χ2n) is 5.01. The smallest absolute Gasteiger partial charge is 0.106 e. The number of hydrogen-bond donors (Lipinski definition) is 2. The number of aryl methyl sites for hydroxylation is 1. The van der Waals surface area contributed by atoms with E-state index in [4.69, 9.17) is 18.0 Å². The molecule has 0 saturated heterocycles. The summed E-state index contributed by atoms with van der Waals surface area (Å²) in [6.07, 6.45) is 6.15. The molecule has 2 nitrogen and oxygen atoms in total. The topological polar surface area (TPSA) is 38.0 Å². The summed E-state index contributed by atoms with van der Waals surface area (Å²) in [7, 11) is 0. The molecule has 1 aromatic rings. The zero-order valence-corrected chi connectivity index (χ0v) is 12.6. The average Bonchev–Trinajstić information content (AvgIpc) is 2.29. The Morgan fingerprint density at radius 1 is 1.50 bits per heavy atom. The van der Waals surface area contributed by atoms with Crippen molar-refractivity contribution in [2.75, 3.05) is 18.1 Å². The maximum absolute atomic E-state index is 5.79. The maximum Gasteiger partial charge on any atom is 0.106 e. The number of hydrogen-bond acceptors (Lipinski definition) is 3. The zero-order chi connectivity index (χ0) is 13.2. The van der Waals surface area contributed by atoms with Crippen LogP contribution in [0, 0.1) is 6.92 Å². The van der Waals surface area contributed by atoms with Crippen LogP contribution in [0.1, 0.15) is 30.4 Å². The molecule has 1 saturated carbocycles. The van der Waals surface area contributed by atoms with Crippen molar-refractivity contribution in [3.8, 4) is 0 Å². The highest BCUT2D eigenvalue weighted by Crippen LogP contribution is 2.42. The molecule has 4 heteroatoms. The Hall–Kier alpha value is -0.740. The Labute approximate surface area is 119 Å². The van der Waals surface area contributed by atoms with Gasteiger partial charge < -0.3 is 11.1 Å². The molecule has 1 fully saturated rings. The Morgan fingerprint density at radius 2 is 2.22 bits per heavy atom. The third kappa shape index (κ3) is 2.81. The number of benzene rings is 1. The third-order valence-electron chi connectivity index (χ3n) is 3.74. The summed E-state index contributed by atoms with van der Waals surface area (Å²) in [6.45, 7) is 3.05. The predicted molar refractivity (Wildman–Crippen MR) is 85.7 cm³/mol. The van der Waals surface area contributed by atoms with E-state index in [0.717, 1.165) is 17.8 Å². The first-order valence-electron chi connectivity index (χ1n) is 6.26. The molecule has 0 atom stereocenters. The SMILES string of the molecule is CSC1(CNc2ccc(C)cc2C(N)=S)CCC1. The van der Waals surface area contributed by atoms with Gasteiger partial charge in [0.05, 0.1) is 0 Å². The number of thiocarbonyl (C=S) groups is 1. The Bertz CT molecular complexity index is 448. The lowest BCUT2D eigenvalue weighted by Gasteiger charge is -2.40. The average molecular weight is 280 g/mol. The first kappa shape index (κ1) is 13.7. The van der Waals surface area contributed by atoms with E-state index in [1.807, 2.05) is 11.8 Å². The minimum absolute atomic E-state index is 0.415. The highest BCUT2D eigenvalue weighted by molar-refractivity contribution is 8.00. The fourth-order valence-electron chi connectivity index (χ4n) is 2.30. The third-order valence-corrected chi connectivity index (χ3v) is 5.38. The number of nitrogens with one attached hydrogen (secondary N) is 1. The van der Waals surface area contributed by atoms with Gasteiger partial charge in [-0.2, -0.15) is 11.8 Å². The van der Waals surface area contributed by atoms with Crippen molar-refractivity contribution in [3.63, 3.8) is 0 Å². The highest BCUT2D eigenvalue weighted by Gasteiger charge is 2.35. The van der Waals surface area contributed by atoms with E-state index < -0.39 is 0 Å². The van der Waals surface area contributed by atoms with E-state index in [1.54, 1.807) is 0 Å². The maximum atomic E-state index is 5.79. The molecule has 0 amide bonds. The van der Waals surface area contributed by atoms with Crippen LogP contribution in [-0.2, 0) is 0 Å². The monoisotopic (exact) mass is 280 g/mol. The minimum Gasteiger partial charge on any atom is -0.389 e. The molecule has 0 aliphatic heterocycles. The van der Waals surface area contributed by atoms with E-state index in [9.17, 15) is 0 Å². The van der Waals surface area contributed by atoms with E-state index in [-0.39, 0.29) is 0 Å². The van der Waals surface area contributed by atoms with Crippen molar-refractivity contribution in [3.05, 3.63) is 29.3 Å². The van der Waals surface area contributed by atoms with Gasteiger partial charge in [0.2, 0.25) is 0 Å². The summed E-state index contributed by atoms with van der Waals surface area (Å²) < 4.78 is 0.415. The van der Waals surface area contributed by atoms with Gasteiger partial charge in [-0.3, -0.25) is 0 Å². The molecular weight excluding hydrogens is 260 g/mol. The Kier molecular flexibility index (Phi) is 4.17. The van der Waals surface area contributed by atoms with Crippen molar-refractivity contribution in [2.24, 2.45) is 5.73 Å². The van der Waals surface area contributed by atoms with Gasteiger partial charge in [0, 0.05) is 22.5 Å². The van der Waals surface area contributed by atoms with E-state index >= 15 is 0 Å². The van der Waals surface area contributed by atoms with Crippen molar-refractivity contribution in [1.29, 1.82) is 0 Å². The van der Waals surface area contributed by atoms with Crippen molar-refractivity contribution < 1.29 is 0 Å². The second-order valence-corrected chi connectivity index (χ2v) is 6.72. The number of nitrogens with two attached hydrogens (primary N) is 1. The lowest BCUT2D eigenvalue weighted by atomic mass is 9.84. The van der Waals surface area contributed by atoms with Crippen LogP contribution in [0.15, 0.2) is 18.2 Å². The first-order valence-corrected chi connectivity index (χ1v) is 7.89. The van der Waals surface area contributed by atoms with Crippen molar-refractivity contribution in [2.45, 2.75) is 30.9 Å². The molecule has 0 aromatic heterocycles. The van der Waals surface area contributed by atoms with Crippen LogP contribution in [0.5, 0.6) is 0 Å². The van der Waals surface area contributed by atoms with Gasteiger partial charge in [0.25, 0.3) is 0 Å². The number of thioether (sulfide) groups is 1. The summed E-state index contributed by atoms with van der Waals surface area (Å²) in [5, 5.41) is 3.53. The van der Waals surface area contributed by atoms with Crippen LogP contribution in [0.3, 0.4) is 0 Å². The van der Waals surface area contributed by atoms with E-state index in [1.165, 1.54) is 24.8 Å². The van der Waals surface area contributed by atoms with Gasteiger partial charge >= 0.3 is 0 Å². The minimum atomic E-state index is 0.415. The van der Waals surface area contributed by atoms with Gasteiger partial charge in [-0.25, -0.2) is 0 Å². The van der Waals surface area contributed by atoms with Gasteiger partial charge in [-0.1, -0.05) is 30.3 Å². The van der Waals surface area contributed by atoms with E-state index in [0.29, 0.717) is 9.74 Å². The van der Waals surface area contributed by atoms with Crippen molar-refractivity contribution in [1.82, 2.24) is 0 Å². The molecule has 0 radical (unpaired) electrons. The lowest BCUT2D eigenvalue weighted by molar-refractivity contribution is 0.380. The van der Waals surface area contributed by atoms with Crippen LogP contribution in [0.2, 0.25) is 0 Å². The molecule has 0 heterocycles. The summed E-state index contributed by atoms with van der Waals surface area (Å²) in [6, 6.07) is 6.23. The first-order chi connectivity index (χ1) is 8.56. The van der Waals surface area contributed by atoms with Gasteiger partial charge in [-0.05, 0) is 38.2 Å². The standard InChI is InChI=1S/C14H20N2S2/c1-10-4-5-12(11(8-10)13(15)17)16-9-14(18-2)6-3-7-14/h4-5,8,16H,3,6-7,9H2,1-2H3,(H2,15,17). The normalized spacial score (nSPS) is 17.0. The summed E-state index contributed by atoms with van der Waals surface area (Å²) >= 11 is 7.09. The molecule has 1 aliphatic carbocycles. The second kappa shape index (κ2) is 5.49. The number of anilines is 1. The lowest BCUT2D eigenvalue weighted by Crippen LogP contribution is -2.40. The molecule has 0 spiro atoms.